The van der Waals surface area contributed by atoms with E-state index < -0.39 is 18.3 Å². The van der Waals surface area contributed by atoms with Crippen molar-refractivity contribution in [3.63, 3.8) is 0 Å². The maximum Gasteiger partial charge on any atom is 0.407 e. The molecule has 0 bridgehead atoms. The Hall–Kier alpha value is -1.07. The van der Waals surface area contributed by atoms with E-state index in [0.717, 1.165) is 4.90 Å². The van der Waals surface area contributed by atoms with Crippen molar-refractivity contribution in [3.05, 3.63) is 12.7 Å². The highest BCUT2D eigenvalue weighted by molar-refractivity contribution is 5.65. The average Bonchev–Trinajstić information content (AvgIpc) is 2.44. The van der Waals surface area contributed by atoms with Crippen LogP contribution < -0.4 is 0 Å². The lowest BCUT2D eigenvalue weighted by Crippen LogP contribution is -2.28. The molecule has 0 aromatic carbocycles. The van der Waals surface area contributed by atoms with E-state index in [1.54, 1.807) is 6.08 Å². The molecule has 0 unspecified atom stereocenters. The van der Waals surface area contributed by atoms with Crippen LogP contribution in [0.15, 0.2) is 12.7 Å². The lowest BCUT2D eigenvalue weighted by Gasteiger charge is -2.12. The largest absolute Gasteiger partial charge is 0.465 e. The number of aliphatic hydroxyl groups excluding tert-OH is 1. The molecule has 1 saturated heterocycles. The van der Waals surface area contributed by atoms with Crippen LogP contribution in [0.2, 0.25) is 0 Å². The van der Waals surface area contributed by atoms with Crippen molar-refractivity contribution in [2.24, 2.45) is 0 Å². The van der Waals surface area contributed by atoms with Crippen LogP contribution in [0.25, 0.3) is 0 Å². The van der Waals surface area contributed by atoms with Crippen LogP contribution in [0.1, 0.15) is 0 Å². The minimum absolute atomic E-state index is 0.122. The number of hydrogen-bond acceptors (Lipinski definition) is 3. The molecule has 0 aromatic rings. The number of carboxylic acid groups (broad SMARTS) is 1. The van der Waals surface area contributed by atoms with Crippen LogP contribution in [-0.4, -0.2) is 53.1 Å². The number of carbonyl (C=O) groups is 1. The van der Waals surface area contributed by atoms with E-state index in [-0.39, 0.29) is 13.1 Å². The molecule has 0 aromatic heterocycles. The Balaban J connectivity index is 2.41. The summed E-state index contributed by atoms with van der Waals surface area (Å²) in [5, 5.41) is 18.0. The van der Waals surface area contributed by atoms with Gasteiger partial charge in [-0.3, -0.25) is 0 Å². The van der Waals surface area contributed by atoms with E-state index in [4.69, 9.17) is 9.84 Å². The first-order valence-electron chi connectivity index (χ1n) is 4.03. The summed E-state index contributed by atoms with van der Waals surface area (Å²) in [4.78, 5) is 11.6. The van der Waals surface area contributed by atoms with Gasteiger partial charge in [0.15, 0.2) is 0 Å². The highest BCUT2D eigenvalue weighted by atomic mass is 16.5. The van der Waals surface area contributed by atoms with Gasteiger partial charge in [-0.25, -0.2) is 4.79 Å². The number of β-amino-alcohol motifs (C(OH)–C–C–N with tert-alkyl or cyclic N) is 1. The van der Waals surface area contributed by atoms with Gasteiger partial charge in [-0.15, -0.1) is 6.58 Å². The predicted octanol–water partition coefficient (Wildman–Crippen LogP) is -0.0879. The third-order valence-corrected chi connectivity index (χ3v) is 1.94. The standard InChI is InChI=1S/C8H13NO4/c1-2-3-13-7-5-9(8(11)12)4-6(7)10/h2,6-7,10H,1,3-5H2,(H,11,12)/t6-,7-/m1/s1. The Labute approximate surface area is 76.2 Å². The lowest BCUT2D eigenvalue weighted by molar-refractivity contribution is 0.00466. The zero-order chi connectivity index (χ0) is 9.84. The number of aliphatic hydroxyl groups is 1. The Morgan fingerprint density at radius 1 is 1.69 bits per heavy atom. The molecule has 5 nitrogen and oxygen atoms in total. The summed E-state index contributed by atoms with van der Waals surface area (Å²) in [6.07, 6.45) is -0.607. The molecule has 1 aliphatic heterocycles. The van der Waals surface area contributed by atoms with Gasteiger partial charge >= 0.3 is 6.09 Å². The fraction of sp³-hybridized carbons (Fsp3) is 0.625. The SMILES string of the molecule is C=CCO[C@@H]1CN(C(=O)O)C[C@H]1O. The number of amides is 1. The zero-order valence-electron chi connectivity index (χ0n) is 7.22. The van der Waals surface area contributed by atoms with Crippen LogP contribution >= 0.6 is 0 Å². The second-order valence-corrected chi connectivity index (χ2v) is 2.92. The molecule has 0 aliphatic carbocycles. The normalized spacial score (nSPS) is 27.6. The topological polar surface area (TPSA) is 70.0 Å². The Kier molecular flexibility index (Phi) is 3.27. The molecule has 2 N–H and O–H groups in total. The summed E-state index contributed by atoms with van der Waals surface area (Å²) in [7, 11) is 0. The van der Waals surface area contributed by atoms with E-state index in [1.165, 1.54) is 0 Å². The Bertz CT molecular complexity index is 206. The molecule has 0 radical (unpaired) electrons. The second-order valence-electron chi connectivity index (χ2n) is 2.92. The first kappa shape index (κ1) is 10.0. The van der Waals surface area contributed by atoms with Gasteiger partial charge in [0.1, 0.15) is 6.10 Å². The van der Waals surface area contributed by atoms with Crippen molar-refractivity contribution in [1.29, 1.82) is 0 Å². The third-order valence-electron chi connectivity index (χ3n) is 1.94. The highest BCUT2D eigenvalue weighted by Gasteiger charge is 2.34. The van der Waals surface area contributed by atoms with Crippen molar-refractivity contribution in [2.45, 2.75) is 12.2 Å². The van der Waals surface area contributed by atoms with Gasteiger partial charge < -0.3 is 19.8 Å². The average molecular weight is 187 g/mol. The van der Waals surface area contributed by atoms with Gasteiger partial charge in [-0.1, -0.05) is 6.08 Å². The van der Waals surface area contributed by atoms with Gasteiger partial charge in [0.25, 0.3) is 0 Å². The molecule has 1 heterocycles. The van der Waals surface area contributed by atoms with E-state index in [1.807, 2.05) is 0 Å². The molecule has 1 fully saturated rings. The zero-order valence-corrected chi connectivity index (χ0v) is 7.22. The summed E-state index contributed by atoms with van der Waals surface area (Å²) in [6.45, 7) is 4.14. The second kappa shape index (κ2) is 4.25. The molecule has 5 heteroatoms. The van der Waals surface area contributed by atoms with Crippen LogP contribution in [-0.2, 0) is 4.74 Å². The van der Waals surface area contributed by atoms with E-state index in [2.05, 4.69) is 6.58 Å². The Morgan fingerprint density at radius 2 is 2.38 bits per heavy atom. The molecule has 74 valence electrons. The van der Waals surface area contributed by atoms with Crippen molar-refractivity contribution in [1.82, 2.24) is 4.90 Å². The molecule has 1 aliphatic rings. The number of rotatable bonds is 3. The van der Waals surface area contributed by atoms with Gasteiger partial charge in [-0.05, 0) is 0 Å². The molecule has 0 saturated carbocycles. The quantitative estimate of drug-likeness (QED) is 0.606. The highest BCUT2D eigenvalue weighted by Crippen LogP contribution is 2.13. The molecule has 1 rings (SSSR count). The minimum Gasteiger partial charge on any atom is -0.465 e. The van der Waals surface area contributed by atoms with Gasteiger partial charge in [0.2, 0.25) is 0 Å². The van der Waals surface area contributed by atoms with E-state index in [9.17, 15) is 9.90 Å². The van der Waals surface area contributed by atoms with E-state index in [0.29, 0.717) is 6.61 Å². The van der Waals surface area contributed by atoms with Gasteiger partial charge in [0.05, 0.1) is 25.8 Å². The van der Waals surface area contributed by atoms with Crippen molar-refractivity contribution in [2.75, 3.05) is 19.7 Å². The van der Waals surface area contributed by atoms with E-state index >= 15 is 0 Å². The Morgan fingerprint density at radius 3 is 2.85 bits per heavy atom. The number of likely N-dealkylation sites (tertiary alicyclic amines) is 1. The van der Waals surface area contributed by atoms with Gasteiger partial charge in [-0.2, -0.15) is 0 Å². The molecular formula is C8H13NO4. The van der Waals surface area contributed by atoms with Crippen molar-refractivity contribution in [3.8, 4) is 0 Å². The first-order valence-corrected chi connectivity index (χ1v) is 4.03. The maximum absolute atomic E-state index is 10.5. The lowest BCUT2D eigenvalue weighted by atomic mass is 10.3. The fourth-order valence-electron chi connectivity index (χ4n) is 1.27. The summed E-state index contributed by atoms with van der Waals surface area (Å²) < 4.78 is 5.17. The predicted molar refractivity (Wildman–Crippen MR) is 45.5 cm³/mol. The summed E-state index contributed by atoms with van der Waals surface area (Å²) in [6, 6.07) is 0. The van der Waals surface area contributed by atoms with Crippen molar-refractivity contribution >= 4 is 6.09 Å². The summed E-state index contributed by atoms with van der Waals surface area (Å²) in [5.41, 5.74) is 0. The third kappa shape index (κ3) is 2.43. The molecule has 1 amide bonds. The first-order chi connectivity index (χ1) is 6.15. The van der Waals surface area contributed by atoms with Crippen LogP contribution in [0.5, 0.6) is 0 Å². The smallest absolute Gasteiger partial charge is 0.407 e. The van der Waals surface area contributed by atoms with Crippen LogP contribution in [0, 0.1) is 0 Å². The van der Waals surface area contributed by atoms with Gasteiger partial charge in [0, 0.05) is 0 Å². The maximum atomic E-state index is 10.5. The monoisotopic (exact) mass is 187 g/mol. The number of hydrogen-bond donors (Lipinski definition) is 2. The van der Waals surface area contributed by atoms with Crippen LogP contribution in [0.3, 0.4) is 0 Å². The molecule has 13 heavy (non-hydrogen) atoms. The molecular weight excluding hydrogens is 174 g/mol. The fourth-order valence-corrected chi connectivity index (χ4v) is 1.27. The van der Waals surface area contributed by atoms with Crippen LogP contribution in [0.4, 0.5) is 4.79 Å². The molecule has 0 spiro atoms. The minimum atomic E-state index is -1.02. The number of ether oxygens (including phenoxy) is 1. The summed E-state index contributed by atoms with van der Waals surface area (Å²) >= 11 is 0. The number of nitrogens with zero attached hydrogens (tertiary/aromatic N) is 1. The van der Waals surface area contributed by atoms with Crippen molar-refractivity contribution < 1.29 is 19.7 Å². The molecule has 2 atom stereocenters. The summed E-state index contributed by atoms with van der Waals surface area (Å²) in [5.74, 6) is 0.